The van der Waals surface area contributed by atoms with Crippen LogP contribution in [-0.2, 0) is 0 Å². The van der Waals surface area contributed by atoms with Crippen LogP contribution in [0.3, 0.4) is 0 Å². The zero-order chi connectivity index (χ0) is 13.0. The lowest BCUT2D eigenvalue weighted by molar-refractivity contribution is 0.123. The van der Waals surface area contributed by atoms with Crippen LogP contribution in [0.25, 0.3) is 0 Å². The van der Waals surface area contributed by atoms with Gasteiger partial charge in [0.05, 0.1) is 0 Å². The summed E-state index contributed by atoms with van der Waals surface area (Å²) < 4.78 is 5.81. The molecule has 0 saturated carbocycles. The van der Waals surface area contributed by atoms with Crippen molar-refractivity contribution in [1.29, 1.82) is 0 Å². The van der Waals surface area contributed by atoms with Crippen LogP contribution >= 0.6 is 0 Å². The Morgan fingerprint density at radius 2 is 2.22 bits per heavy atom. The Balaban J connectivity index is 1.77. The number of piperazine rings is 1. The molecule has 1 saturated heterocycles. The number of hydrogen-bond acceptors (Lipinski definition) is 3. The third-order valence-corrected chi connectivity index (χ3v) is 3.53. The molecule has 2 rings (SSSR count). The third-order valence-electron chi connectivity index (χ3n) is 3.53. The standard InChI is InChI=1S/C15H24N2O/c1-12-5-4-6-15(9-12)18-8-7-17-11-13(2)16-10-14(17)3/h4-6,9,13-14,16H,7-8,10-11H2,1-3H3. The zero-order valence-corrected chi connectivity index (χ0v) is 11.6. The fourth-order valence-corrected chi connectivity index (χ4v) is 2.39. The maximum atomic E-state index is 5.81. The van der Waals surface area contributed by atoms with Crippen LogP contribution in [-0.4, -0.2) is 43.2 Å². The molecule has 18 heavy (non-hydrogen) atoms. The molecule has 2 atom stereocenters. The van der Waals surface area contributed by atoms with Crippen LogP contribution in [0.4, 0.5) is 0 Å². The van der Waals surface area contributed by atoms with Gasteiger partial charge in [0.1, 0.15) is 12.4 Å². The van der Waals surface area contributed by atoms with Gasteiger partial charge in [-0.3, -0.25) is 4.90 Å². The van der Waals surface area contributed by atoms with Crippen molar-refractivity contribution in [2.75, 3.05) is 26.2 Å². The van der Waals surface area contributed by atoms with Crippen molar-refractivity contribution in [1.82, 2.24) is 10.2 Å². The average Bonchev–Trinajstić information content (AvgIpc) is 2.34. The van der Waals surface area contributed by atoms with Gasteiger partial charge in [-0.15, -0.1) is 0 Å². The van der Waals surface area contributed by atoms with Crippen LogP contribution in [0, 0.1) is 6.92 Å². The number of nitrogens with one attached hydrogen (secondary N) is 1. The lowest BCUT2D eigenvalue weighted by Crippen LogP contribution is -2.55. The first-order valence-corrected chi connectivity index (χ1v) is 6.82. The van der Waals surface area contributed by atoms with Crippen molar-refractivity contribution in [3.05, 3.63) is 29.8 Å². The first kappa shape index (κ1) is 13.4. The van der Waals surface area contributed by atoms with Crippen molar-refractivity contribution in [2.45, 2.75) is 32.9 Å². The second kappa shape index (κ2) is 6.21. The van der Waals surface area contributed by atoms with E-state index in [0.29, 0.717) is 12.1 Å². The molecular weight excluding hydrogens is 224 g/mol. The average molecular weight is 248 g/mol. The van der Waals surface area contributed by atoms with Crippen molar-refractivity contribution in [3.8, 4) is 5.75 Å². The number of ether oxygens (including phenoxy) is 1. The summed E-state index contributed by atoms with van der Waals surface area (Å²) in [5.41, 5.74) is 1.25. The molecule has 1 aliphatic heterocycles. The van der Waals surface area contributed by atoms with E-state index in [0.717, 1.165) is 32.0 Å². The Hall–Kier alpha value is -1.06. The van der Waals surface area contributed by atoms with Crippen molar-refractivity contribution in [3.63, 3.8) is 0 Å². The van der Waals surface area contributed by atoms with Gasteiger partial charge in [0.15, 0.2) is 0 Å². The summed E-state index contributed by atoms with van der Waals surface area (Å²) in [6, 6.07) is 9.43. The summed E-state index contributed by atoms with van der Waals surface area (Å²) in [6.45, 7) is 10.5. The number of rotatable bonds is 4. The van der Waals surface area contributed by atoms with Crippen LogP contribution in [0.15, 0.2) is 24.3 Å². The van der Waals surface area contributed by atoms with Gasteiger partial charge in [-0.2, -0.15) is 0 Å². The first-order chi connectivity index (χ1) is 8.65. The molecule has 0 amide bonds. The van der Waals surface area contributed by atoms with Gasteiger partial charge in [-0.1, -0.05) is 12.1 Å². The fourth-order valence-electron chi connectivity index (χ4n) is 2.39. The van der Waals surface area contributed by atoms with E-state index in [4.69, 9.17) is 4.74 Å². The number of hydrogen-bond donors (Lipinski definition) is 1. The number of nitrogens with zero attached hydrogens (tertiary/aromatic N) is 1. The number of aryl methyl sites for hydroxylation is 1. The summed E-state index contributed by atoms with van der Waals surface area (Å²) in [6.07, 6.45) is 0. The Morgan fingerprint density at radius 1 is 1.39 bits per heavy atom. The van der Waals surface area contributed by atoms with E-state index in [1.807, 2.05) is 12.1 Å². The Kier molecular flexibility index (Phi) is 4.61. The molecule has 1 fully saturated rings. The van der Waals surface area contributed by atoms with Crippen molar-refractivity contribution >= 4 is 0 Å². The van der Waals surface area contributed by atoms with Gasteiger partial charge in [0.2, 0.25) is 0 Å². The molecule has 0 aromatic heterocycles. The molecule has 1 heterocycles. The molecule has 0 spiro atoms. The van der Waals surface area contributed by atoms with E-state index in [2.05, 4.69) is 43.1 Å². The van der Waals surface area contributed by atoms with Gasteiger partial charge in [-0.05, 0) is 38.5 Å². The van der Waals surface area contributed by atoms with Gasteiger partial charge in [-0.25, -0.2) is 0 Å². The lowest BCUT2D eigenvalue weighted by atomic mass is 10.1. The predicted octanol–water partition coefficient (Wildman–Crippen LogP) is 2.06. The molecule has 100 valence electrons. The van der Waals surface area contributed by atoms with Gasteiger partial charge in [0, 0.05) is 31.7 Å². The van der Waals surface area contributed by atoms with Gasteiger partial charge >= 0.3 is 0 Å². The highest BCUT2D eigenvalue weighted by atomic mass is 16.5. The highest BCUT2D eigenvalue weighted by Crippen LogP contribution is 2.13. The van der Waals surface area contributed by atoms with Crippen LogP contribution in [0.1, 0.15) is 19.4 Å². The van der Waals surface area contributed by atoms with E-state index in [-0.39, 0.29) is 0 Å². The van der Waals surface area contributed by atoms with E-state index in [1.165, 1.54) is 5.56 Å². The van der Waals surface area contributed by atoms with Gasteiger partial charge < -0.3 is 10.1 Å². The Labute approximate surface area is 110 Å². The molecule has 1 N–H and O–H groups in total. The van der Waals surface area contributed by atoms with Crippen molar-refractivity contribution in [2.24, 2.45) is 0 Å². The molecule has 1 aromatic carbocycles. The van der Waals surface area contributed by atoms with E-state index in [9.17, 15) is 0 Å². The molecule has 2 unspecified atom stereocenters. The summed E-state index contributed by atoms with van der Waals surface area (Å²) in [4.78, 5) is 2.50. The van der Waals surface area contributed by atoms with E-state index < -0.39 is 0 Å². The van der Waals surface area contributed by atoms with Gasteiger partial charge in [0.25, 0.3) is 0 Å². The van der Waals surface area contributed by atoms with E-state index >= 15 is 0 Å². The monoisotopic (exact) mass is 248 g/mol. The maximum absolute atomic E-state index is 5.81. The highest BCUT2D eigenvalue weighted by molar-refractivity contribution is 5.27. The van der Waals surface area contributed by atoms with Crippen LogP contribution in [0.2, 0.25) is 0 Å². The number of benzene rings is 1. The van der Waals surface area contributed by atoms with Crippen molar-refractivity contribution < 1.29 is 4.74 Å². The molecule has 1 aliphatic rings. The topological polar surface area (TPSA) is 24.5 Å². The second-order valence-corrected chi connectivity index (χ2v) is 5.32. The van der Waals surface area contributed by atoms with Crippen LogP contribution < -0.4 is 10.1 Å². The third kappa shape index (κ3) is 3.72. The minimum absolute atomic E-state index is 0.583. The quantitative estimate of drug-likeness (QED) is 0.882. The predicted molar refractivity (Wildman–Crippen MR) is 75.2 cm³/mol. The Morgan fingerprint density at radius 3 is 3.00 bits per heavy atom. The lowest BCUT2D eigenvalue weighted by Gasteiger charge is -2.37. The van der Waals surface area contributed by atoms with E-state index in [1.54, 1.807) is 0 Å². The minimum atomic E-state index is 0.583. The first-order valence-electron chi connectivity index (χ1n) is 6.82. The molecular formula is C15H24N2O. The largest absolute Gasteiger partial charge is 0.492 e. The molecule has 0 radical (unpaired) electrons. The molecule has 3 heteroatoms. The molecule has 1 aromatic rings. The summed E-state index contributed by atoms with van der Waals surface area (Å²) in [5.74, 6) is 0.978. The Bertz CT molecular complexity index is 381. The molecule has 0 bridgehead atoms. The fraction of sp³-hybridized carbons (Fsp3) is 0.600. The summed E-state index contributed by atoms with van der Waals surface area (Å²) in [7, 11) is 0. The maximum Gasteiger partial charge on any atom is 0.119 e. The second-order valence-electron chi connectivity index (χ2n) is 5.32. The summed E-state index contributed by atoms with van der Waals surface area (Å²) >= 11 is 0. The molecule has 0 aliphatic carbocycles. The SMILES string of the molecule is Cc1cccc(OCCN2CC(C)NCC2C)c1. The summed E-state index contributed by atoms with van der Waals surface area (Å²) in [5, 5.41) is 3.49. The normalized spacial score (nSPS) is 25.1. The highest BCUT2D eigenvalue weighted by Gasteiger charge is 2.21. The zero-order valence-electron chi connectivity index (χ0n) is 11.6. The molecule has 3 nitrogen and oxygen atoms in total. The smallest absolute Gasteiger partial charge is 0.119 e. The van der Waals surface area contributed by atoms with Crippen LogP contribution in [0.5, 0.6) is 5.75 Å². The minimum Gasteiger partial charge on any atom is -0.492 e.